The van der Waals surface area contributed by atoms with Gasteiger partial charge in [-0.25, -0.2) is 0 Å². The molecule has 0 fully saturated rings. The van der Waals surface area contributed by atoms with Crippen molar-refractivity contribution in [3.05, 3.63) is 21.9 Å². The van der Waals surface area contributed by atoms with Crippen LogP contribution < -0.4 is 0 Å². The third kappa shape index (κ3) is 3.00. The van der Waals surface area contributed by atoms with Gasteiger partial charge in [-0.3, -0.25) is 4.79 Å². The van der Waals surface area contributed by atoms with Gasteiger partial charge in [-0.2, -0.15) is 0 Å². The molecule has 0 bridgehead atoms. The molecule has 0 saturated heterocycles. The van der Waals surface area contributed by atoms with Gasteiger partial charge < -0.3 is 4.90 Å². The largest absolute Gasteiger partial charge is 0.340 e. The first-order chi connectivity index (χ1) is 6.50. The lowest BCUT2D eigenvalue weighted by molar-refractivity contribution is 0.0801. The number of thiophene rings is 1. The lowest BCUT2D eigenvalue weighted by Crippen LogP contribution is -2.30. The summed E-state index contributed by atoms with van der Waals surface area (Å²) >= 11 is 7.34. The smallest absolute Gasteiger partial charge is 0.263 e. The van der Waals surface area contributed by atoms with Crippen molar-refractivity contribution in [3.63, 3.8) is 0 Å². The van der Waals surface area contributed by atoms with Crippen molar-refractivity contribution in [1.82, 2.24) is 4.90 Å². The Morgan fingerprint density at radius 3 is 2.71 bits per heavy atom. The van der Waals surface area contributed by atoms with Crippen molar-refractivity contribution in [2.45, 2.75) is 19.2 Å². The molecule has 1 aromatic rings. The van der Waals surface area contributed by atoms with Crippen LogP contribution in [0.4, 0.5) is 0 Å². The summed E-state index contributed by atoms with van der Waals surface area (Å²) in [5.41, 5.74) is 0. The summed E-state index contributed by atoms with van der Waals surface area (Å²) in [7, 11) is 1.77. The zero-order valence-electron chi connectivity index (χ0n) is 8.58. The maximum atomic E-state index is 11.8. The molecule has 0 aromatic carbocycles. The predicted molar refractivity (Wildman–Crippen MR) is 61.3 cm³/mol. The Morgan fingerprint density at radius 2 is 2.29 bits per heavy atom. The summed E-state index contributed by atoms with van der Waals surface area (Å²) in [5.74, 6) is 0.0515. The maximum Gasteiger partial charge on any atom is 0.263 e. The molecule has 14 heavy (non-hydrogen) atoms. The van der Waals surface area contributed by atoms with Crippen LogP contribution in [0.2, 0.25) is 0 Å². The minimum Gasteiger partial charge on any atom is -0.340 e. The molecule has 0 aliphatic heterocycles. The summed E-state index contributed by atoms with van der Waals surface area (Å²) < 4.78 is 0. The quantitative estimate of drug-likeness (QED) is 0.733. The van der Waals surface area contributed by atoms with Gasteiger partial charge in [0.1, 0.15) is 0 Å². The number of alkyl halides is 1. The number of carbonyl (C=O) groups is 1. The molecule has 0 saturated carbocycles. The third-order valence-electron chi connectivity index (χ3n) is 1.82. The molecule has 1 atom stereocenters. The number of carbonyl (C=O) groups excluding carboxylic acids is 1. The van der Waals surface area contributed by atoms with Gasteiger partial charge in [-0.05, 0) is 26.0 Å². The Bertz CT molecular complexity index is 322. The Balaban J connectivity index is 2.65. The molecule has 0 radical (unpaired) electrons. The highest BCUT2D eigenvalue weighted by molar-refractivity contribution is 7.13. The molecule has 0 spiro atoms. The minimum atomic E-state index is -0.00925. The van der Waals surface area contributed by atoms with E-state index in [1.807, 2.05) is 26.0 Å². The van der Waals surface area contributed by atoms with E-state index in [1.54, 1.807) is 11.9 Å². The van der Waals surface area contributed by atoms with Crippen LogP contribution in [0.1, 0.15) is 21.5 Å². The number of aryl methyl sites for hydroxylation is 1. The van der Waals surface area contributed by atoms with Crippen LogP contribution in [0.5, 0.6) is 0 Å². The molecule has 0 N–H and O–H groups in total. The highest BCUT2D eigenvalue weighted by Gasteiger charge is 2.14. The standard InChI is InChI=1S/C10H14ClNOS/c1-7(11)6-12(3)10(13)9-5-4-8(2)14-9/h4-5,7H,6H2,1-3H3. The van der Waals surface area contributed by atoms with E-state index >= 15 is 0 Å². The molecular formula is C10H14ClNOS. The Hall–Kier alpha value is -0.540. The van der Waals surface area contributed by atoms with Crippen molar-refractivity contribution in [1.29, 1.82) is 0 Å². The van der Waals surface area contributed by atoms with E-state index in [0.717, 1.165) is 9.75 Å². The molecule has 2 nitrogen and oxygen atoms in total. The molecule has 1 aromatic heterocycles. The Kier molecular flexibility index (Phi) is 3.96. The van der Waals surface area contributed by atoms with E-state index in [4.69, 9.17) is 11.6 Å². The second-order valence-corrected chi connectivity index (χ2v) is 5.41. The third-order valence-corrected chi connectivity index (χ3v) is 2.95. The molecule has 0 aliphatic carbocycles. The zero-order valence-corrected chi connectivity index (χ0v) is 10.2. The summed E-state index contributed by atoms with van der Waals surface area (Å²) in [6.45, 7) is 4.45. The predicted octanol–water partition coefficient (Wildman–Crippen LogP) is 2.76. The Labute approximate surface area is 93.5 Å². The van der Waals surface area contributed by atoms with Crippen molar-refractivity contribution >= 4 is 28.8 Å². The van der Waals surface area contributed by atoms with Crippen molar-refractivity contribution in [3.8, 4) is 0 Å². The van der Waals surface area contributed by atoms with Crippen molar-refractivity contribution in [2.75, 3.05) is 13.6 Å². The normalized spacial score (nSPS) is 12.6. The van der Waals surface area contributed by atoms with Crippen molar-refractivity contribution < 1.29 is 4.79 Å². The van der Waals surface area contributed by atoms with Gasteiger partial charge in [0.15, 0.2) is 0 Å². The van der Waals surface area contributed by atoms with E-state index in [2.05, 4.69) is 0 Å². The van der Waals surface area contributed by atoms with E-state index in [9.17, 15) is 4.79 Å². The lowest BCUT2D eigenvalue weighted by Gasteiger charge is -2.17. The SMILES string of the molecule is Cc1ccc(C(=O)N(C)CC(C)Cl)s1. The van der Waals surface area contributed by atoms with Crippen LogP contribution in [0.25, 0.3) is 0 Å². The van der Waals surface area contributed by atoms with Crippen LogP contribution in [0, 0.1) is 6.92 Å². The first kappa shape index (κ1) is 11.5. The van der Waals surface area contributed by atoms with Gasteiger partial charge in [0.05, 0.1) is 4.88 Å². The van der Waals surface area contributed by atoms with E-state index in [0.29, 0.717) is 6.54 Å². The number of rotatable bonds is 3. The number of hydrogen-bond donors (Lipinski definition) is 0. The van der Waals surface area contributed by atoms with E-state index in [1.165, 1.54) is 11.3 Å². The Morgan fingerprint density at radius 1 is 1.64 bits per heavy atom. The number of hydrogen-bond acceptors (Lipinski definition) is 2. The molecule has 1 heterocycles. The summed E-state index contributed by atoms with van der Waals surface area (Å²) in [6.07, 6.45) is 0. The second-order valence-electron chi connectivity index (χ2n) is 3.38. The number of nitrogens with zero attached hydrogens (tertiary/aromatic N) is 1. The monoisotopic (exact) mass is 231 g/mol. The fraction of sp³-hybridized carbons (Fsp3) is 0.500. The summed E-state index contributed by atoms with van der Waals surface area (Å²) in [4.78, 5) is 15.4. The molecular weight excluding hydrogens is 218 g/mol. The van der Waals surface area contributed by atoms with Gasteiger partial charge in [0.25, 0.3) is 5.91 Å². The number of halogens is 1. The fourth-order valence-corrected chi connectivity index (χ4v) is 2.27. The lowest BCUT2D eigenvalue weighted by atomic mass is 10.3. The topological polar surface area (TPSA) is 20.3 Å². The summed E-state index contributed by atoms with van der Waals surface area (Å²) in [6, 6.07) is 3.81. The van der Waals surface area contributed by atoms with E-state index < -0.39 is 0 Å². The maximum absolute atomic E-state index is 11.8. The molecule has 1 rings (SSSR count). The summed E-state index contributed by atoms with van der Waals surface area (Å²) in [5, 5.41) is -0.00925. The minimum absolute atomic E-state index is 0.00925. The van der Waals surface area contributed by atoms with Crippen LogP contribution in [-0.4, -0.2) is 29.8 Å². The van der Waals surface area contributed by atoms with Gasteiger partial charge in [0.2, 0.25) is 0 Å². The molecule has 0 aliphatic rings. The highest BCUT2D eigenvalue weighted by atomic mass is 35.5. The first-order valence-corrected chi connectivity index (χ1v) is 5.72. The van der Waals surface area contributed by atoms with Gasteiger partial charge in [-0.1, -0.05) is 0 Å². The number of amides is 1. The highest BCUT2D eigenvalue weighted by Crippen LogP contribution is 2.16. The van der Waals surface area contributed by atoms with Crippen LogP contribution in [0.15, 0.2) is 12.1 Å². The van der Waals surface area contributed by atoms with Gasteiger partial charge in [-0.15, -0.1) is 22.9 Å². The van der Waals surface area contributed by atoms with Crippen LogP contribution in [0.3, 0.4) is 0 Å². The van der Waals surface area contributed by atoms with Gasteiger partial charge >= 0.3 is 0 Å². The van der Waals surface area contributed by atoms with E-state index in [-0.39, 0.29) is 11.3 Å². The van der Waals surface area contributed by atoms with Crippen molar-refractivity contribution in [2.24, 2.45) is 0 Å². The molecule has 4 heteroatoms. The molecule has 78 valence electrons. The van der Waals surface area contributed by atoms with Gasteiger partial charge in [0, 0.05) is 23.8 Å². The molecule has 1 amide bonds. The fourth-order valence-electron chi connectivity index (χ4n) is 1.20. The average Bonchev–Trinajstić information content (AvgIpc) is 2.49. The van der Waals surface area contributed by atoms with Crippen LogP contribution in [-0.2, 0) is 0 Å². The zero-order chi connectivity index (χ0) is 10.7. The molecule has 1 unspecified atom stereocenters. The second kappa shape index (κ2) is 4.80. The first-order valence-electron chi connectivity index (χ1n) is 4.46. The average molecular weight is 232 g/mol. The van der Waals surface area contributed by atoms with Crippen LogP contribution >= 0.6 is 22.9 Å².